The molecule has 6 N–H and O–H groups in total. The van der Waals surface area contributed by atoms with Crippen molar-refractivity contribution in [3.8, 4) is 0 Å². The van der Waals surface area contributed by atoms with Gasteiger partial charge in [-0.15, -0.1) is 12.4 Å². The number of nitrogens with one attached hydrogen (secondary N) is 1. The normalized spacial score (nSPS) is 17.9. The predicted molar refractivity (Wildman–Crippen MR) is 272 cm³/mol. The van der Waals surface area contributed by atoms with Gasteiger partial charge in [0.1, 0.15) is 34.3 Å². The minimum Gasteiger partial charge on any atom is -0.480 e. The number of ether oxygens (including phenoxy) is 2. The number of aromatic nitrogens is 6. The lowest BCUT2D eigenvalue weighted by molar-refractivity contribution is -0.142. The molecule has 400 valence electrons. The molecule has 2 aliphatic rings. The van der Waals surface area contributed by atoms with Crippen LogP contribution in [0.3, 0.4) is 0 Å². The minimum atomic E-state index is -3.85. The van der Waals surface area contributed by atoms with Gasteiger partial charge >= 0.3 is 18.2 Å². The lowest BCUT2D eigenvalue weighted by atomic mass is 10.2. The summed E-state index contributed by atoms with van der Waals surface area (Å²) in [5, 5.41) is 31.0. The van der Waals surface area contributed by atoms with E-state index in [1.807, 2.05) is 13.8 Å². The maximum atomic E-state index is 13.0. The highest BCUT2D eigenvalue weighted by Gasteiger charge is 2.42. The monoisotopic (exact) mass is 1080 g/mol. The molecule has 4 atom stereocenters. The third kappa shape index (κ3) is 14.1. The van der Waals surface area contributed by atoms with Crippen LogP contribution in [-0.4, -0.2) is 142 Å². The third-order valence-corrected chi connectivity index (χ3v) is 14.4. The van der Waals surface area contributed by atoms with E-state index in [1.54, 1.807) is 84.0 Å². The molecule has 0 radical (unpaired) electrons. The summed E-state index contributed by atoms with van der Waals surface area (Å²) in [6, 6.07) is 14.5. The van der Waals surface area contributed by atoms with Crippen molar-refractivity contribution in [2.75, 3.05) is 13.1 Å². The van der Waals surface area contributed by atoms with Crippen LogP contribution in [0.4, 0.5) is 9.59 Å². The summed E-state index contributed by atoms with van der Waals surface area (Å²) >= 11 is 0. The summed E-state index contributed by atoms with van der Waals surface area (Å²) in [6.45, 7) is 14.3. The summed E-state index contributed by atoms with van der Waals surface area (Å²) in [4.78, 5) is 67.6. The zero-order chi connectivity index (χ0) is 53.8. The summed E-state index contributed by atoms with van der Waals surface area (Å²) < 4.78 is 64.0. The number of carbonyl (C=O) groups excluding carboxylic acids is 3. The first-order valence-corrected chi connectivity index (χ1v) is 25.8. The highest BCUT2D eigenvalue weighted by Crippen LogP contribution is 2.25. The molecule has 0 aliphatic carbocycles. The Kier molecular flexibility index (Phi) is 18.2. The number of fused-ring (bicyclic) bond motifs is 2. The van der Waals surface area contributed by atoms with Crippen molar-refractivity contribution in [1.29, 1.82) is 0 Å². The number of aliphatic carboxylic acids is 1. The number of β-amino-alcohol motifs (C(OH)–C–C–N with tert-alkyl or cyclic N) is 2. The van der Waals surface area contributed by atoms with Crippen molar-refractivity contribution in [1.82, 2.24) is 43.0 Å². The summed E-state index contributed by atoms with van der Waals surface area (Å²) in [5.41, 5.74) is 8.39. The Hall–Kier alpha value is -6.77. The first kappa shape index (κ1) is 58.1. The molecule has 3 amide bonds. The molecule has 2 saturated heterocycles. The highest BCUT2D eigenvalue weighted by molar-refractivity contribution is 7.90. The molecule has 4 aromatic heterocycles. The maximum absolute atomic E-state index is 13.0. The zero-order valence-electron chi connectivity index (χ0n) is 41.9. The van der Waals surface area contributed by atoms with Crippen molar-refractivity contribution in [2.24, 2.45) is 5.73 Å². The maximum Gasteiger partial charge on any atom is 0.411 e. The minimum absolute atomic E-state index is 0. The van der Waals surface area contributed by atoms with Crippen LogP contribution in [0, 0.1) is 13.8 Å². The van der Waals surface area contributed by atoms with Gasteiger partial charge in [0, 0.05) is 31.8 Å². The number of aliphatic hydroxyl groups excluding tert-OH is 2. The number of carboxylic acid groups (broad SMARTS) is 1. The largest absolute Gasteiger partial charge is 0.480 e. The first-order valence-electron chi connectivity index (χ1n) is 22.9. The van der Waals surface area contributed by atoms with Crippen LogP contribution in [0.2, 0.25) is 0 Å². The predicted octanol–water partition coefficient (Wildman–Crippen LogP) is 4.26. The van der Waals surface area contributed by atoms with Crippen molar-refractivity contribution < 1.29 is 60.8 Å². The number of hydrogen-bond donors (Lipinski definition) is 5. The number of benzene rings is 2. The Labute approximate surface area is 434 Å². The number of aryl methyl sites for hydroxylation is 2. The van der Waals surface area contributed by atoms with Crippen molar-refractivity contribution in [2.45, 2.75) is 127 Å². The molecular weight excluding hydrogens is 1020 g/mol. The second kappa shape index (κ2) is 23.2. The number of likely N-dealkylation sites (tertiary alicyclic amines) is 2. The van der Waals surface area contributed by atoms with Gasteiger partial charge in [0.2, 0.25) is 5.91 Å². The molecule has 8 rings (SSSR count). The van der Waals surface area contributed by atoms with Gasteiger partial charge in [-0.25, -0.2) is 59.1 Å². The lowest BCUT2D eigenvalue weighted by Crippen LogP contribution is -2.47. The van der Waals surface area contributed by atoms with E-state index < -0.39 is 79.6 Å². The number of nitrogens with two attached hydrogens (primary N) is 1. The van der Waals surface area contributed by atoms with Crippen molar-refractivity contribution in [3.05, 3.63) is 108 Å². The van der Waals surface area contributed by atoms with E-state index in [1.165, 1.54) is 47.9 Å². The van der Waals surface area contributed by atoms with Gasteiger partial charge in [-0.1, -0.05) is 35.4 Å². The van der Waals surface area contributed by atoms with Crippen LogP contribution >= 0.6 is 12.4 Å². The Bertz CT molecular complexity index is 3210. The zero-order valence-corrected chi connectivity index (χ0v) is 44.4. The second-order valence-corrected chi connectivity index (χ2v) is 23.0. The van der Waals surface area contributed by atoms with E-state index in [-0.39, 0.29) is 66.9 Å². The Balaban J connectivity index is 0.000000226. The van der Waals surface area contributed by atoms with Gasteiger partial charge in [0.05, 0.1) is 65.4 Å². The third-order valence-electron chi connectivity index (χ3n) is 11.0. The van der Waals surface area contributed by atoms with Crippen molar-refractivity contribution in [3.63, 3.8) is 0 Å². The number of hydrogen-bond acceptors (Lipinski definition) is 17. The fourth-order valence-electron chi connectivity index (χ4n) is 7.52. The number of halogens is 1. The number of carbonyl (C=O) groups is 4. The molecule has 0 spiro atoms. The number of carboxylic acids is 1. The SMILES string of the molecule is CC(C)(C)OC(=O)N1C[C@H](O)C[C@@H]1C(=O)O.Cc1ccc(S(=O)(=O)n2ccc3nc(CN)cnc32)cc1.Cc1ccc(S(=O)(=O)n2ccc3nc(CNC(=O)[C@H]4C[C@@H](O)CN4C(=O)OC(C)(C)C)cnc32)cc1.Cl. The number of rotatable bonds is 9. The molecule has 0 bridgehead atoms. The average molecular weight is 1090 g/mol. The van der Waals surface area contributed by atoms with Gasteiger partial charge in [-0.2, -0.15) is 0 Å². The van der Waals surface area contributed by atoms with Crippen LogP contribution in [0.5, 0.6) is 0 Å². The number of amides is 3. The van der Waals surface area contributed by atoms with Gasteiger partial charge in [-0.05, 0) is 91.8 Å². The molecule has 23 nitrogen and oxygen atoms in total. The smallest absolute Gasteiger partial charge is 0.411 e. The van der Waals surface area contributed by atoms with Crippen LogP contribution in [0.1, 0.15) is 76.9 Å². The molecule has 74 heavy (non-hydrogen) atoms. The quantitative estimate of drug-likeness (QED) is 0.135. The number of nitrogens with zero attached hydrogens (tertiary/aromatic N) is 8. The summed E-state index contributed by atoms with van der Waals surface area (Å²) in [6.07, 6.45) is 2.87. The van der Waals surface area contributed by atoms with Crippen LogP contribution in [-0.2, 0) is 52.2 Å². The van der Waals surface area contributed by atoms with E-state index in [0.717, 1.165) is 24.0 Å². The Morgan fingerprint density at radius 2 is 1.05 bits per heavy atom. The van der Waals surface area contributed by atoms with Crippen molar-refractivity contribution >= 4 is 78.8 Å². The van der Waals surface area contributed by atoms with Gasteiger partial charge < -0.3 is 35.8 Å². The second-order valence-electron chi connectivity index (χ2n) is 19.3. The topological polar surface area (TPSA) is 322 Å². The highest BCUT2D eigenvalue weighted by atomic mass is 35.5. The molecule has 0 unspecified atom stereocenters. The molecule has 6 heterocycles. The molecule has 2 aliphatic heterocycles. The fraction of sp³-hybridized carbons (Fsp3) is 0.417. The molecular formula is C48H61ClN10O13S2. The van der Waals surface area contributed by atoms with E-state index in [2.05, 4.69) is 25.3 Å². The van der Waals surface area contributed by atoms with Gasteiger partial charge in [0.25, 0.3) is 20.0 Å². The van der Waals surface area contributed by atoms with E-state index >= 15 is 0 Å². The average Bonchev–Trinajstić information content (AvgIpc) is 4.12. The standard InChI is InChI=1S/C24H29N5O6S.C14H14N4O2S.C10H17NO5.ClH/c1-15-5-7-18(8-6-15)36(33,34)29-10-9-19-21(29)25-12-16(27-19)13-26-22(31)20-11-17(30)14-28(20)23(32)35-24(2,3)4;1-10-2-4-12(5-3-10)21(19,20)18-7-6-13-14(18)16-9-11(8-15)17-13;1-10(2,3)16-9(15)11-5-6(12)4-7(11)8(13)14;/h5-10,12,17,20,30H,11,13-14H2,1-4H3,(H,26,31);2-7,9H,8,15H2,1H3;6-7,12H,4-5H2,1-3H3,(H,13,14);1H/t17-,20-;;6-,7-;/m1.1./s1. The van der Waals surface area contributed by atoms with Gasteiger partial charge in [0.15, 0.2) is 11.3 Å². The molecule has 0 saturated carbocycles. The molecule has 2 aromatic carbocycles. The lowest BCUT2D eigenvalue weighted by Gasteiger charge is -2.27. The Morgan fingerprint density at radius 3 is 1.46 bits per heavy atom. The summed E-state index contributed by atoms with van der Waals surface area (Å²) in [7, 11) is -7.53. The molecule has 26 heteroatoms. The van der Waals surface area contributed by atoms with Gasteiger partial charge in [-0.3, -0.25) is 14.6 Å². The van der Waals surface area contributed by atoms with Crippen LogP contribution < -0.4 is 11.1 Å². The van der Waals surface area contributed by atoms with Crippen LogP contribution in [0.25, 0.3) is 22.3 Å². The van der Waals surface area contributed by atoms with E-state index in [4.69, 9.17) is 20.3 Å². The van der Waals surface area contributed by atoms with E-state index in [9.17, 15) is 46.2 Å². The first-order chi connectivity index (χ1) is 34.1. The summed E-state index contributed by atoms with van der Waals surface area (Å²) in [5.74, 6) is -1.58. The van der Waals surface area contributed by atoms with Crippen LogP contribution in [0.15, 0.2) is 95.2 Å². The van der Waals surface area contributed by atoms with E-state index in [0.29, 0.717) is 28.1 Å². The Morgan fingerprint density at radius 1 is 0.662 bits per heavy atom. The number of aliphatic hydroxyl groups is 2. The molecule has 6 aromatic rings. The molecule has 2 fully saturated rings. The fourth-order valence-corrected chi connectivity index (χ4v) is 10.1.